The molecule has 0 aliphatic heterocycles. The van der Waals surface area contributed by atoms with Crippen molar-refractivity contribution >= 4 is 43.6 Å². The van der Waals surface area contributed by atoms with Gasteiger partial charge in [-0.1, -0.05) is 96.1 Å². The second-order valence-corrected chi connectivity index (χ2v) is 15.6. The van der Waals surface area contributed by atoms with Crippen LogP contribution in [0.1, 0.15) is 58.2 Å². The van der Waals surface area contributed by atoms with Crippen LogP contribution in [-0.4, -0.2) is 9.13 Å². The lowest BCUT2D eigenvalue weighted by Crippen LogP contribution is -2.17. The molecule has 0 fully saturated rings. The molecular formula is C45H37F5N2. The van der Waals surface area contributed by atoms with E-state index in [1.807, 2.05) is 66.7 Å². The number of hydrogen-bond acceptors (Lipinski definition) is 0. The molecule has 0 N–H and O–H groups in total. The van der Waals surface area contributed by atoms with Crippen molar-refractivity contribution in [2.24, 2.45) is 0 Å². The first-order valence-electron chi connectivity index (χ1n) is 17.3. The van der Waals surface area contributed by atoms with Gasteiger partial charge < -0.3 is 9.13 Å². The van der Waals surface area contributed by atoms with Crippen molar-refractivity contribution in [2.45, 2.75) is 58.5 Å². The normalized spacial score (nSPS) is 12.9. The molecule has 8 aromatic rings. The van der Waals surface area contributed by atoms with Crippen LogP contribution in [0.2, 0.25) is 0 Å². The van der Waals surface area contributed by atoms with Gasteiger partial charge in [0.2, 0.25) is 0 Å². The fraction of sp³-hybridized carbons (Fsp3) is 0.200. The maximum Gasteiger partial charge on any atom is 0.420 e. The lowest BCUT2D eigenvalue weighted by molar-refractivity contribution is -0.137. The van der Waals surface area contributed by atoms with Crippen LogP contribution in [0.25, 0.3) is 66.1 Å². The summed E-state index contributed by atoms with van der Waals surface area (Å²) in [4.78, 5) is 0. The molecule has 8 rings (SSSR count). The summed E-state index contributed by atoms with van der Waals surface area (Å²) < 4.78 is 83.4. The summed E-state index contributed by atoms with van der Waals surface area (Å²) in [6, 6.07) is 32.4. The molecule has 0 aliphatic carbocycles. The summed E-state index contributed by atoms with van der Waals surface area (Å²) in [5.41, 5.74) is 1.55. The number of halogens is 5. The Kier molecular flexibility index (Phi) is 7.48. The molecule has 0 spiro atoms. The van der Waals surface area contributed by atoms with Crippen LogP contribution in [0.15, 0.2) is 115 Å². The molecular weight excluding hydrogens is 663 g/mol. The van der Waals surface area contributed by atoms with E-state index in [9.17, 15) is 0 Å². The van der Waals surface area contributed by atoms with Crippen molar-refractivity contribution in [1.29, 1.82) is 0 Å². The van der Waals surface area contributed by atoms with E-state index < -0.39 is 28.9 Å². The van der Waals surface area contributed by atoms with Crippen LogP contribution in [0.4, 0.5) is 22.0 Å². The third-order valence-electron chi connectivity index (χ3n) is 10.2. The van der Waals surface area contributed by atoms with Crippen molar-refractivity contribution < 1.29 is 22.0 Å². The van der Waals surface area contributed by atoms with E-state index in [0.717, 1.165) is 44.8 Å². The first-order valence-corrected chi connectivity index (χ1v) is 17.3. The second-order valence-electron chi connectivity index (χ2n) is 15.6. The Labute approximate surface area is 298 Å². The number of nitrogens with zero attached hydrogens (tertiary/aromatic N) is 2. The van der Waals surface area contributed by atoms with Gasteiger partial charge in [0.1, 0.15) is 17.2 Å². The quantitative estimate of drug-likeness (QED) is 0.162. The van der Waals surface area contributed by atoms with E-state index in [-0.39, 0.29) is 27.8 Å². The predicted molar refractivity (Wildman–Crippen MR) is 203 cm³/mol. The number of para-hydroxylation sites is 2. The van der Waals surface area contributed by atoms with Crippen LogP contribution in [-0.2, 0) is 17.0 Å². The van der Waals surface area contributed by atoms with Gasteiger partial charge in [-0.15, -0.1) is 0 Å². The average molecular weight is 701 g/mol. The Balaban J connectivity index is 1.59. The van der Waals surface area contributed by atoms with Gasteiger partial charge in [0.15, 0.2) is 0 Å². The fourth-order valence-corrected chi connectivity index (χ4v) is 7.61. The maximum atomic E-state index is 16.2. The lowest BCUT2D eigenvalue weighted by Gasteiger charge is -2.25. The van der Waals surface area contributed by atoms with Crippen LogP contribution in [0.3, 0.4) is 0 Å². The monoisotopic (exact) mass is 700 g/mol. The first-order chi connectivity index (χ1) is 24.6. The van der Waals surface area contributed by atoms with Crippen LogP contribution >= 0.6 is 0 Å². The highest BCUT2D eigenvalue weighted by Crippen LogP contribution is 2.48. The van der Waals surface area contributed by atoms with Crippen LogP contribution in [0.5, 0.6) is 0 Å². The Morgan fingerprint density at radius 1 is 0.462 bits per heavy atom. The van der Waals surface area contributed by atoms with Gasteiger partial charge >= 0.3 is 6.18 Å². The Morgan fingerprint density at radius 3 is 1.42 bits per heavy atom. The highest BCUT2D eigenvalue weighted by atomic mass is 19.4. The number of aromatic nitrogens is 2. The van der Waals surface area contributed by atoms with E-state index >= 15 is 22.0 Å². The lowest BCUT2D eigenvalue weighted by atomic mass is 9.86. The standard InChI is InChI=1S/C45H37F5N2/c1-43(2,3)26-18-21-37-31(24-26)28-12-7-9-16-35(28)51(37)39-23-20-30(40-33(46)14-11-15-34(40)47)42(41(39)45(48,49)50)52-36-17-10-8-13-29(36)32-25-27(44(4,5)6)19-22-38(32)52/h7-25H,1-6H3. The van der Waals surface area contributed by atoms with Gasteiger partial charge in [-0.25, -0.2) is 8.78 Å². The molecule has 2 heterocycles. The van der Waals surface area contributed by atoms with Crippen molar-refractivity contribution in [3.8, 4) is 22.5 Å². The summed E-state index contributed by atoms with van der Waals surface area (Å²) in [5.74, 6) is -1.91. The summed E-state index contributed by atoms with van der Waals surface area (Å²) in [6.07, 6.45) is -4.96. The molecule has 0 unspecified atom stereocenters. The maximum absolute atomic E-state index is 16.2. The molecule has 0 saturated heterocycles. The zero-order valence-corrected chi connectivity index (χ0v) is 29.8. The highest BCUT2D eigenvalue weighted by Gasteiger charge is 2.41. The Morgan fingerprint density at radius 2 is 0.923 bits per heavy atom. The van der Waals surface area contributed by atoms with Gasteiger partial charge in [-0.2, -0.15) is 13.2 Å². The molecule has 0 radical (unpaired) electrons. The van der Waals surface area contributed by atoms with Crippen LogP contribution < -0.4 is 0 Å². The van der Waals surface area contributed by atoms with Crippen molar-refractivity contribution in [3.05, 3.63) is 144 Å². The van der Waals surface area contributed by atoms with Crippen molar-refractivity contribution in [1.82, 2.24) is 9.13 Å². The van der Waals surface area contributed by atoms with E-state index in [1.54, 1.807) is 22.8 Å². The minimum atomic E-state index is -4.96. The number of benzene rings is 6. The number of hydrogen-bond donors (Lipinski definition) is 0. The average Bonchev–Trinajstić information content (AvgIpc) is 3.59. The third-order valence-corrected chi connectivity index (χ3v) is 10.2. The molecule has 2 nitrogen and oxygen atoms in total. The van der Waals surface area contributed by atoms with E-state index in [4.69, 9.17) is 0 Å². The van der Waals surface area contributed by atoms with Crippen molar-refractivity contribution in [2.75, 3.05) is 0 Å². The first kappa shape index (κ1) is 33.7. The number of fused-ring (bicyclic) bond motifs is 6. The minimum Gasteiger partial charge on any atom is -0.309 e. The molecule has 0 aliphatic rings. The largest absolute Gasteiger partial charge is 0.420 e. The van der Waals surface area contributed by atoms with Gasteiger partial charge in [-0.3, -0.25) is 0 Å². The summed E-state index contributed by atoms with van der Waals surface area (Å²) in [7, 11) is 0. The molecule has 0 saturated carbocycles. The molecule has 0 atom stereocenters. The molecule has 7 heteroatoms. The smallest absolute Gasteiger partial charge is 0.309 e. The van der Waals surface area contributed by atoms with Crippen LogP contribution in [0, 0.1) is 11.6 Å². The van der Waals surface area contributed by atoms with E-state index in [1.165, 1.54) is 22.8 Å². The molecule has 2 aromatic heterocycles. The van der Waals surface area contributed by atoms with Crippen molar-refractivity contribution in [3.63, 3.8) is 0 Å². The van der Waals surface area contributed by atoms with Gasteiger partial charge in [0.05, 0.1) is 39.0 Å². The van der Waals surface area contributed by atoms with Gasteiger partial charge in [0, 0.05) is 27.1 Å². The fourth-order valence-electron chi connectivity index (χ4n) is 7.61. The third kappa shape index (κ3) is 5.20. The number of alkyl halides is 3. The second kappa shape index (κ2) is 11.5. The molecule has 0 bridgehead atoms. The summed E-state index contributed by atoms with van der Waals surface area (Å²) in [5, 5.41) is 3.09. The predicted octanol–water partition coefficient (Wildman–Crippen LogP) is 13.4. The Hall–Kier alpha value is -5.43. The van der Waals surface area contributed by atoms with E-state index in [2.05, 4.69) is 41.5 Å². The topological polar surface area (TPSA) is 9.86 Å². The molecule has 0 amide bonds. The van der Waals surface area contributed by atoms with Gasteiger partial charge in [0.25, 0.3) is 0 Å². The molecule has 262 valence electrons. The minimum absolute atomic E-state index is 0.144. The number of rotatable bonds is 3. The van der Waals surface area contributed by atoms with Gasteiger partial charge in [-0.05, 0) is 82.6 Å². The van der Waals surface area contributed by atoms with E-state index in [0.29, 0.717) is 22.1 Å². The summed E-state index contributed by atoms with van der Waals surface area (Å²) >= 11 is 0. The summed E-state index contributed by atoms with van der Waals surface area (Å²) in [6.45, 7) is 12.5. The zero-order chi connectivity index (χ0) is 36.9. The molecule has 6 aromatic carbocycles. The highest BCUT2D eigenvalue weighted by molar-refractivity contribution is 6.12. The Bertz CT molecular complexity index is 2690. The molecule has 52 heavy (non-hydrogen) atoms. The SMILES string of the molecule is CC(C)(C)c1ccc2c(c1)c1ccccc1n2-c1ccc(-c2c(F)cccc2F)c(-n2c3ccccc3c3cc(C(C)(C)C)ccc32)c1C(F)(F)F. The zero-order valence-electron chi connectivity index (χ0n) is 29.8.